The van der Waals surface area contributed by atoms with Crippen molar-refractivity contribution < 1.29 is 32.6 Å². The molecule has 0 spiro atoms. The molecule has 1 aromatic rings. The molecule has 0 aromatic heterocycles. The van der Waals surface area contributed by atoms with E-state index in [9.17, 15) is 22.8 Å². The number of hydrogen-bond acceptors (Lipinski definition) is 3. The van der Waals surface area contributed by atoms with E-state index in [2.05, 4.69) is 10.1 Å². The van der Waals surface area contributed by atoms with Crippen molar-refractivity contribution in [1.82, 2.24) is 10.2 Å². The molecule has 9 heteroatoms. The monoisotopic (exact) mass is 374 g/mol. The number of piperidine rings is 1. The summed E-state index contributed by atoms with van der Waals surface area (Å²) in [4.78, 5) is 24.6. The minimum atomic E-state index is -4.36. The Morgan fingerprint density at radius 2 is 1.88 bits per heavy atom. The molecule has 1 aliphatic heterocycles. The van der Waals surface area contributed by atoms with Gasteiger partial charge in [-0.15, -0.1) is 0 Å². The van der Waals surface area contributed by atoms with Gasteiger partial charge in [-0.3, -0.25) is 4.79 Å². The number of nitrogens with zero attached hydrogens (tertiary/aromatic N) is 1. The lowest BCUT2D eigenvalue weighted by atomic mass is 9.97. The first kappa shape index (κ1) is 20.0. The van der Waals surface area contributed by atoms with E-state index in [1.54, 1.807) is 29.2 Å². The molecule has 0 radical (unpaired) electrons. The van der Waals surface area contributed by atoms with Gasteiger partial charge in [0.1, 0.15) is 6.61 Å². The number of rotatable bonds is 6. The van der Waals surface area contributed by atoms with Gasteiger partial charge in [0.25, 0.3) is 0 Å². The van der Waals surface area contributed by atoms with Gasteiger partial charge in [0.15, 0.2) is 0 Å². The van der Waals surface area contributed by atoms with Gasteiger partial charge in [0.05, 0.1) is 12.5 Å². The number of halogens is 3. The number of likely N-dealkylation sites (tertiary alicyclic amines) is 1. The highest BCUT2D eigenvalue weighted by Crippen LogP contribution is 2.18. The Bertz CT molecular complexity index is 629. The topological polar surface area (TPSA) is 78.9 Å². The molecule has 0 aliphatic carbocycles. The zero-order valence-corrected chi connectivity index (χ0v) is 14.1. The molecule has 26 heavy (non-hydrogen) atoms. The lowest BCUT2D eigenvalue weighted by Gasteiger charge is -2.30. The van der Waals surface area contributed by atoms with E-state index < -0.39 is 24.7 Å². The molecule has 2 N–H and O–H groups in total. The van der Waals surface area contributed by atoms with E-state index in [-0.39, 0.29) is 19.2 Å². The fraction of sp³-hybridized carbons (Fsp3) is 0.529. The number of hydrogen-bond donors (Lipinski definition) is 2. The molecule has 0 atom stereocenters. The Morgan fingerprint density at radius 1 is 1.23 bits per heavy atom. The van der Waals surface area contributed by atoms with Crippen molar-refractivity contribution in [1.29, 1.82) is 0 Å². The van der Waals surface area contributed by atoms with Gasteiger partial charge >= 0.3 is 18.2 Å². The van der Waals surface area contributed by atoms with Crippen molar-refractivity contribution in [3.8, 4) is 0 Å². The minimum Gasteiger partial charge on any atom is -0.481 e. The Balaban J connectivity index is 1.77. The molecular formula is C17H21F3N2O4. The van der Waals surface area contributed by atoms with Crippen molar-refractivity contribution >= 4 is 12.0 Å². The largest absolute Gasteiger partial charge is 0.481 e. The van der Waals surface area contributed by atoms with Crippen molar-refractivity contribution in [2.45, 2.75) is 32.2 Å². The lowest BCUT2D eigenvalue weighted by Crippen LogP contribution is -2.45. The summed E-state index contributed by atoms with van der Waals surface area (Å²) in [7, 11) is 0. The van der Waals surface area contributed by atoms with Crippen LogP contribution in [0.3, 0.4) is 0 Å². The SMILES string of the molecule is O=C(O)C1CCN(C(=O)NCc2cccc(COCC(F)(F)F)c2)CC1. The first-order valence-electron chi connectivity index (χ1n) is 8.22. The summed E-state index contributed by atoms with van der Waals surface area (Å²) in [5, 5.41) is 11.7. The molecule has 1 aromatic carbocycles. The van der Waals surface area contributed by atoms with E-state index >= 15 is 0 Å². The predicted molar refractivity (Wildman–Crippen MR) is 86.3 cm³/mol. The highest BCUT2D eigenvalue weighted by Gasteiger charge is 2.28. The number of benzene rings is 1. The molecule has 1 heterocycles. The molecule has 0 unspecified atom stereocenters. The summed E-state index contributed by atoms with van der Waals surface area (Å²) in [6, 6.07) is 6.48. The maximum Gasteiger partial charge on any atom is 0.411 e. The fourth-order valence-corrected chi connectivity index (χ4v) is 2.73. The first-order chi connectivity index (χ1) is 12.2. The summed E-state index contributed by atoms with van der Waals surface area (Å²) in [6.07, 6.45) is -3.51. The highest BCUT2D eigenvalue weighted by atomic mass is 19.4. The van der Waals surface area contributed by atoms with E-state index in [1.165, 1.54) is 0 Å². The van der Waals surface area contributed by atoms with Crippen LogP contribution in [0.25, 0.3) is 0 Å². The van der Waals surface area contributed by atoms with Crippen LogP contribution in [0.4, 0.5) is 18.0 Å². The Hall–Kier alpha value is -2.29. The molecular weight excluding hydrogens is 353 g/mol. The van der Waals surface area contributed by atoms with Crippen molar-refractivity contribution in [2.24, 2.45) is 5.92 Å². The Labute approximate surface area is 148 Å². The van der Waals surface area contributed by atoms with Gasteiger partial charge in [-0.25, -0.2) is 4.79 Å². The van der Waals surface area contributed by atoms with Crippen LogP contribution in [0.5, 0.6) is 0 Å². The second kappa shape index (κ2) is 8.88. The van der Waals surface area contributed by atoms with Crippen molar-refractivity contribution in [3.05, 3.63) is 35.4 Å². The number of amides is 2. The Kier molecular flexibility index (Phi) is 6.84. The van der Waals surface area contributed by atoms with Gasteiger partial charge < -0.3 is 20.1 Å². The molecule has 1 saturated heterocycles. The third-order valence-corrected chi connectivity index (χ3v) is 4.10. The molecule has 0 saturated carbocycles. The maximum atomic E-state index is 12.1. The maximum absolute atomic E-state index is 12.1. The fourth-order valence-electron chi connectivity index (χ4n) is 2.73. The van der Waals surface area contributed by atoms with Crippen LogP contribution in [0.1, 0.15) is 24.0 Å². The lowest BCUT2D eigenvalue weighted by molar-refractivity contribution is -0.176. The first-order valence-corrected chi connectivity index (χ1v) is 8.22. The molecule has 2 amide bonds. The third kappa shape index (κ3) is 6.55. The number of ether oxygens (including phenoxy) is 1. The number of carbonyl (C=O) groups excluding carboxylic acids is 1. The van der Waals surface area contributed by atoms with Gasteiger partial charge in [-0.2, -0.15) is 13.2 Å². The number of carboxylic acids is 1. The van der Waals surface area contributed by atoms with Gasteiger partial charge in [0, 0.05) is 19.6 Å². The van der Waals surface area contributed by atoms with Crippen molar-refractivity contribution in [3.63, 3.8) is 0 Å². The van der Waals surface area contributed by atoms with Crippen LogP contribution < -0.4 is 5.32 Å². The van der Waals surface area contributed by atoms with Crippen LogP contribution in [0.15, 0.2) is 24.3 Å². The number of alkyl halides is 3. The molecule has 6 nitrogen and oxygen atoms in total. The molecule has 1 fully saturated rings. The van der Waals surface area contributed by atoms with Gasteiger partial charge in [-0.1, -0.05) is 24.3 Å². The number of urea groups is 1. The summed E-state index contributed by atoms with van der Waals surface area (Å²) < 4.78 is 40.9. The second-order valence-corrected chi connectivity index (χ2v) is 6.19. The summed E-state index contributed by atoms with van der Waals surface area (Å²) in [5.74, 6) is -1.25. The smallest absolute Gasteiger partial charge is 0.411 e. The number of carboxylic acid groups (broad SMARTS) is 1. The average molecular weight is 374 g/mol. The molecule has 0 bridgehead atoms. The third-order valence-electron chi connectivity index (χ3n) is 4.10. The van der Waals surface area contributed by atoms with E-state index in [1.807, 2.05) is 0 Å². The molecule has 144 valence electrons. The van der Waals surface area contributed by atoms with Crippen LogP contribution in [0.2, 0.25) is 0 Å². The van der Waals surface area contributed by atoms with Gasteiger partial charge in [0.2, 0.25) is 0 Å². The molecule has 1 aliphatic rings. The molecule has 2 rings (SSSR count). The quantitative estimate of drug-likeness (QED) is 0.803. The predicted octanol–water partition coefficient (Wildman–Crippen LogP) is 2.77. The average Bonchev–Trinajstić information content (AvgIpc) is 2.59. The summed E-state index contributed by atoms with van der Waals surface area (Å²) in [5.41, 5.74) is 1.33. The standard InChI is InChI=1S/C17H21F3N2O4/c18-17(19,20)11-26-10-13-3-1-2-12(8-13)9-21-16(25)22-6-4-14(5-7-22)15(23)24/h1-3,8,14H,4-7,9-11H2,(H,21,25)(H,23,24). The number of carbonyl (C=O) groups is 2. The zero-order chi connectivity index (χ0) is 19.2. The van der Waals surface area contributed by atoms with Crippen LogP contribution in [-0.2, 0) is 22.7 Å². The van der Waals surface area contributed by atoms with Crippen LogP contribution in [0, 0.1) is 5.92 Å². The van der Waals surface area contributed by atoms with Crippen LogP contribution in [-0.4, -0.2) is 47.9 Å². The highest BCUT2D eigenvalue weighted by molar-refractivity contribution is 5.75. The summed E-state index contributed by atoms with van der Waals surface area (Å²) >= 11 is 0. The number of nitrogens with one attached hydrogen (secondary N) is 1. The van der Waals surface area contributed by atoms with E-state index in [4.69, 9.17) is 5.11 Å². The second-order valence-electron chi connectivity index (χ2n) is 6.19. The zero-order valence-electron chi connectivity index (χ0n) is 14.1. The Morgan fingerprint density at radius 3 is 2.50 bits per heavy atom. The number of aliphatic carboxylic acids is 1. The van der Waals surface area contributed by atoms with E-state index in [0.29, 0.717) is 31.5 Å². The van der Waals surface area contributed by atoms with Crippen LogP contribution >= 0.6 is 0 Å². The van der Waals surface area contributed by atoms with Crippen molar-refractivity contribution in [2.75, 3.05) is 19.7 Å². The summed E-state index contributed by atoms with van der Waals surface area (Å²) in [6.45, 7) is -0.475. The van der Waals surface area contributed by atoms with Gasteiger partial charge in [-0.05, 0) is 24.0 Å². The van der Waals surface area contributed by atoms with E-state index in [0.717, 1.165) is 5.56 Å². The normalized spacial score (nSPS) is 15.7. The minimum absolute atomic E-state index is 0.163.